The Morgan fingerprint density at radius 3 is 2.42 bits per heavy atom. The van der Waals surface area contributed by atoms with Crippen molar-refractivity contribution in [3.05, 3.63) is 60.4 Å². The summed E-state index contributed by atoms with van der Waals surface area (Å²) in [5.41, 5.74) is 1.27. The lowest BCUT2D eigenvalue weighted by Gasteiger charge is -2.32. The zero-order valence-corrected chi connectivity index (χ0v) is 22.0. The minimum Gasteiger partial charge on any atom is -0.463 e. The van der Waals surface area contributed by atoms with E-state index in [0.29, 0.717) is 42.3 Å². The molecular formula is C28H34N6O4. The molecule has 3 N–H and O–H groups in total. The summed E-state index contributed by atoms with van der Waals surface area (Å²) in [6.45, 7) is 7.53. The molecule has 3 amide bonds. The van der Waals surface area contributed by atoms with Gasteiger partial charge in [0, 0.05) is 42.8 Å². The summed E-state index contributed by atoms with van der Waals surface area (Å²) in [6.07, 6.45) is 3.27. The van der Waals surface area contributed by atoms with Crippen LogP contribution in [-0.2, 0) is 9.59 Å². The molecule has 38 heavy (non-hydrogen) atoms. The second kappa shape index (κ2) is 11.9. The Labute approximate surface area is 222 Å². The topological polar surface area (TPSA) is 129 Å². The second-order valence-corrected chi connectivity index (χ2v) is 10.4. The average Bonchev–Trinajstić information content (AvgIpc) is 3.46. The van der Waals surface area contributed by atoms with Gasteiger partial charge in [-0.05, 0) is 61.4 Å². The third-order valence-electron chi connectivity index (χ3n) is 6.34. The minimum absolute atomic E-state index is 0.0388. The molecule has 0 saturated carbocycles. The highest BCUT2D eigenvalue weighted by atomic mass is 16.3. The molecule has 1 aliphatic heterocycles. The van der Waals surface area contributed by atoms with Crippen molar-refractivity contribution >= 4 is 29.2 Å². The van der Waals surface area contributed by atoms with Crippen LogP contribution in [0.4, 0.5) is 11.5 Å². The number of carbonyl (C=O) groups excluding carboxylic acids is 3. The van der Waals surface area contributed by atoms with Gasteiger partial charge < -0.3 is 25.3 Å². The average molecular weight is 519 g/mol. The fourth-order valence-electron chi connectivity index (χ4n) is 4.08. The Morgan fingerprint density at radius 1 is 1.00 bits per heavy atom. The summed E-state index contributed by atoms with van der Waals surface area (Å²) < 4.78 is 5.36. The smallest absolute Gasteiger partial charge is 0.251 e. The van der Waals surface area contributed by atoms with Crippen molar-refractivity contribution in [2.24, 2.45) is 11.3 Å². The summed E-state index contributed by atoms with van der Waals surface area (Å²) in [5, 5.41) is 17.1. The Balaban J connectivity index is 1.20. The van der Waals surface area contributed by atoms with Crippen LogP contribution < -0.4 is 20.9 Å². The van der Waals surface area contributed by atoms with Gasteiger partial charge in [-0.15, -0.1) is 10.2 Å². The van der Waals surface area contributed by atoms with E-state index >= 15 is 0 Å². The van der Waals surface area contributed by atoms with E-state index in [2.05, 4.69) is 31.0 Å². The van der Waals surface area contributed by atoms with Gasteiger partial charge in [-0.1, -0.05) is 20.8 Å². The first kappa shape index (κ1) is 26.8. The number of aromatic nitrogens is 2. The molecule has 1 unspecified atom stereocenters. The molecule has 0 radical (unpaired) electrons. The van der Waals surface area contributed by atoms with Crippen molar-refractivity contribution in [2.75, 3.05) is 36.4 Å². The van der Waals surface area contributed by atoms with Gasteiger partial charge in [0.2, 0.25) is 11.8 Å². The summed E-state index contributed by atoms with van der Waals surface area (Å²) in [7, 11) is 0. The lowest BCUT2D eigenvalue weighted by Crippen LogP contribution is -2.45. The largest absolute Gasteiger partial charge is 0.463 e. The second-order valence-electron chi connectivity index (χ2n) is 10.4. The first-order chi connectivity index (χ1) is 18.2. The molecule has 200 valence electrons. The summed E-state index contributed by atoms with van der Waals surface area (Å²) in [4.78, 5) is 39.4. The van der Waals surface area contributed by atoms with Crippen molar-refractivity contribution in [3.63, 3.8) is 0 Å². The van der Waals surface area contributed by atoms with Crippen LogP contribution in [0.1, 0.15) is 44.0 Å². The number of benzene rings is 1. The van der Waals surface area contributed by atoms with Crippen molar-refractivity contribution in [1.82, 2.24) is 20.8 Å². The molecule has 3 heterocycles. The number of nitrogens with one attached hydrogen (secondary N) is 3. The third-order valence-corrected chi connectivity index (χ3v) is 6.34. The Hall–Kier alpha value is -4.21. The highest BCUT2D eigenvalue weighted by Gasteiger charge is 2.26. The zero-order chi connectivity index (χ0) is 27.1. The van der Waals surface area contributed by atoms with E-state index in [-0.39, 0.29) is 23.6 Å². The van der Waals surface area contributed by atoms with E-state index < -0.39 is 5.41 Å². The van der Waals surface area contributed by atoms with E-state index in [1.54, 1.807) is 36.6 Å². The number of piperidine rings is 1. The Morgan fingerprint density at radius 2 is 1.76 bits per heavy atom. The molecule has 1 atom stereocenters. The maximum absolute atomic E-state index is 12.8. The quantitative estimate of drug-likeness (QED) is 0.389. The van der Waals surface area contributed by atoms with Crippen molar-refractivity contribution < 1.29 is 18.8 Å². The van der Waals surface area contributed by atoms with Gasteiger partial charge >= 0.3 is 0 Å². The molecule has 0 aliphatic carbocycles. The Kier molecular flexibility index (Phi) is 8.40. The van der Waals surface area contributed by atoms with Crippen LogP contribution in [0, 0.1) is 11.3 Å². The minimum atomic E-state index is -0.503. The Bertz CT molecular complexity index is 1230. The normalized spacial score (nSPS) is 15.6. The predicted molar refractivity (Wildman–Crippen MR) is 145 cm³/mol. The van der Waals surface area contributed by atoms with Crippen molar-refractivity contribution in [1.29, 1.82) is 0 Å². The molecule has 1 fully saturated rings. The molecule has 0 bridgehead atoms. The summed E-state index contributed by atoms with van der Waals surface area (Å²) in [6, 6.07) is 14.1. The molecule has 10 heteroatoms. The van der Waals surface area contributed by atoms with Crippen LogP contribution in [0.3, 0.4) is 0 Å². The maximum atomic E-state index is 12.8. The monoisotopic (exact) mass is 518 g/mol. The van der Waals surface area contributed by atoms with Crippen molar-refractivity contribution in [3.8, 4) is 11.5 Å². The standard InChI is InChI=1S/C28H34N6O4/c1-28(2,3)27(37)31-21-10-8-19(9-11-21)25(35)29-14-15-30-26(36)20-6-4-16-34(18-20)24-13-12-22(32-33-24)23-7-5-17-38-23/h5,7-13,17,20H,4,6,14-16,18H2,1-3H3,(H,29,35)(H,30,36)(H,31,37). The maximum Gasteiger partial charge on any atom is 0.251 e. The predicted octanol–water partition coefficient (Wildman–Crippen LogP) is 3.48. The number of hydrogen-bond donors (Lipinski definition) is 3. The van der Waals surface area contributed by atoms with Gasteiger partial charge in [-0.25, -0.2) is 0 Å². The SMILES string of the molecule is CC(C)(C)C(=O)Nc1ccc(C(=O)NCCNC(=O)C2CCCN(c3ccc(-c4ccco4)nn3)C2)cc1. The van der Waals surface area contributed by atoms with Crippen LogP contribution in [0.2, 0.25) is 0 Å². The van der Waals surface area contributed by atoms with Crippen LogP contribution in [0.15, 0.2) is 59.2 Å². The first-order valence-electron chi connectivity index (χ1n) is 12.8. The van der Waals surface area contributed by atoms with Gasteiger partial charge in [0.15, 0.2) is 11.6 Å². The molecule has 4 rings (SSSR count). The molecule has 1 aliphatic rings. The number of nitrogens with zero attached hydrogens (tertiary/aromatic N) is 3. The molecule has 10 nitrogen and oxygen atoms in total. The van der Waals surface area contributed by atoms with E-state index in [0.717, 1.165) is 25.2 Å². The van der Waals surface area contributed by atoms with Crippen LogP contribution in [0.25, 0.3) is 11.5 Å². The molecule has 3 aromatic rings. The van der Waals surface area contributed by atoms with Gasteiger partial charge in [0.25, 0.3) is 5.91 Å². The molecule has 1 aromatic carbocycles. The van der Waals surface area contributed by atoms with E-state index in [1.165, 1.54) is 0 Å². The van der Waals surface area contributed by atoms with Gasteiger partial charge in [-0.2, -0.15) is 0 Å². The fraction of sp³-hybridized carbons (Fsp3) is 0.393. The van der Waals surface area contributed by atoms with Gasteiger partial charge in [-0.3, -0.25) is 14.4 Å². The number of anilines is 2. The van der Waals surface area contributed by atoms with Crippen LogP contribution in [0.5, 0.6) is 0 Å². The first-order valence-corrected chi connectivity index (χ1v) is 12.8. The van der Waals surface area contributed by atoms with Crippen LogP contribution >= 0.6 is 0 Å². The molecule has 1 saturated heterocycles. The van der Waals surface area contributed by atoms with Crippen molar-refractivity contribution in [2.45, 2.75) is 33.6 Å². The molecule has 0 spiro atoms. The molecule has 2 aromatic heterocycles. The van der Waals surface area contributed by atoms with E-state index in [1.807, 2.05) is 39.0 Å². The third kappa shape index (κ3) is 6.96. The van der Waals surface area contributed by atoms with Crippen LogP contribution in [-0.4, -0.2) is 54.1 Å². The van der Waals surface area contributed by atoms with Gasteiger partial charge in [0.1, 0.15) is 5.69 Å². The molecular weight excluding hydrogens is 484 g/mol. The number of rotatable bonds is 8. The lowest BCUT2D eigenvalue weighted by atomic mass is 9.95. The highest BCUT2D eigenvalue weighted by molar-refractivity contribution is 5.97. The van der Waals surface area contributed by atoms with E-state index in [9.17, 15) is 14.4 Å². The fourth-order valence-corrected chi connectivity index (χ4v) is 4.08. The van der Waals surface area contributed by atoms with E-state index in [4.69, 9.17) is 4.42 Å². The van der Waals surface area contributed by atoms with Gasteiger partial charge in [0.05, 0.1) is 12.2 Å². The zero-order valence-electron chi connectivity index (χ0n) is 22.0. The summed E-state index contributed by atoms with van der Waals surface area (Å²) in [5.74, 6) is 0.850. The number of hydrogen-bond acceptors (Lipinski definition) is 7. The number of carbonyl (C=O) groups is 3. The highest BCUT2D eigenvalue weighted by Crippen LogP contribution is 2.24. The number of furan rings is 1. The number of amides is 3. The lowest BCUT2D eigenvalue weighted by molar-refractivity contribution is -0.125. The summed E-state index contributed by atoms with van der Waals surface area (Å²) >= 11 is 0.